The fourth-order valence-corrected chi connectivity index (χ4v) is 3.18. The Bertz CT molecular complexity index is 350. The van der Waals surface area contributed by atoms with Crippen molar-refractivity contribution in [3.05, 3.63) is 0 Å². The Morgan fingerprint density at radius 1 is 0.692 bits per heavy atom. The fraction of sp³-hybridized carbons (Fsp3) is 0.944. The van der Waals surface area contributed by atoms with Gasteiger partial charge in [0.15, 0.2) is 0 Å². The van der Waals surface area contributed by atoms with E-state index in [2.05, 4.69) is 11.4 Å². The molecule has 0 fully saturated rings. The molecule has 0 aliphatic heterocycles. The summed E-state index contributed by atoms with van der Waals surface area (Å²) in [6.45, 7) is 2.25. The van der Waals surface area contributed by atoms with Crippen molar-refractivity contribution in [2.75, 3.05) is 0 Å². The van der Waals surface area contributed by atoms with Gasteiger partial charge in [-0.15, -0.1) is 0 Å². The molecule has 0 spiro atoms. The maximum absolute atomic E-state index is 11.1. The van der Waals surface area contributed by atoms with Crippen molar-refractivity contribution >= 4 is 89.3 Å². The van der Waals surface area contributed by atoms with Gasteiger partial charge in [-0.2, -0.15) is 0 Å². The first-order chi connectivity index (χ1) is 11.5. The number of phosphoric acid groups is 1. The molecule has 8 heteroatoms. The molecule has 0 aromatic rings. The van der Waals surface area contributed by atoms with Crippen LogP contribution in [0.5, 0.6) is 0 Å². The summed E-state index contributed by atoms with van der Waals surface area (Å²) >= 11 is 0. The van der Waals surface area contributed by atoms with E-state index in [0.717, 1.165) is 12.8 Å². The number of phosphoric ester groups is 1. The summed E-state index contributed by atoms with van der Waals surface area (Å²) in [4.78, 5) is 28.0. The molecule has 0 aliphatic rings. The molecule has 2 N–H and O–H groups in total. The van der Waals surface area contributed by atoms with E-state index >= 15 is 0 Å². The second-order valence-electron chi connectivity index (χ2n) is 6.65. The van der Waals surface area contributed by atoms with Crippen LogP contribution in [0.25, 0.3) is 0 Å². The molecule has 0 amide bonds. The van der Waals surface area contributed by atoms with E-state index in [-0.39, 0.29) is 81.9 Å². The van der Waals surface area contributed by atoms with Gasteiger partial charge in [0.1, 0.15) is 0 Å². The van der Waals surface area contributed by atoms with Gasteiger partial charge in [-0.1, -0.05) is 96.8 Å². The third kappa shape index (κ3) is 28.4. The minimum absolute atomic E-state index is 0. The van der Waals surface area contributed by atoms with Crippen LogP contribution in [-0.4, -0.2) is 91.2 Å². The molecule has 0 aromatic heterocycles. The van der Waals surface area contributed by atoms with Crippen molar-refractivity contribution in [2.45, 2.75) is 110 Å². The zero-order chi connectivity index (χ0) is 18.1. The van der Waals surface area contributed by atoms with E-state index in [9.17, 15) is 9.36 Å². The Hall–Kier alpha value is 2.14. The number of carbonyl (C=O) groups excluding carboxylic acids is 1. The summed E-state index contributed by atoms with van der Waals surface area (Å²) in [5, 5.41) is 0. The average Bonchev–Trinajstić information content (AvgIpc) is 2.49. The van der Waals surface area contributed by atoms with Crippen molar-refractivity contribution in [1.82, 2.24) is 0 Å². The predicted octanol–water partition coefficient (Wildman–Crippen LogP) is 4.05. The number of hydrogen-bond acceptors (Lipinski definition) is 3. The number of unbranched alkanes of at least 4 members (excludes halogenated alkanes) is 14. The van der Waals surface area contributed by atoms with E-state index in [4.69, 9.17) is 9.79 Å². The van der Waals surface area contributed by atoms with Gasteiger partial charge in [0, 0.05) is 6.42 Å². The van der Waals surface area contributed by atoms with Crippen molar-refractivity contribution in [3.63, 3.8) is 0 Å². The number of rotatable bonds is 17. The molecule has 0 rings (SSSR count). The molecule has 0 bridgehead atoms. The summed E-state index contributed by atoms with van der Waals surface area (Å²) in [6.07, 6.45) is 18.7. The molecule has 152 valence electrons. The van der Waals surface area contributed by atoms with Crippen LogP contribution in [0, 0.1) is 0 Å². The van der Waals surface area contributed by atoms with Gasteiger partial charge in [0.05, 0.1) is 0 Å². The predicted molar refractivity (Wildman–Crippen MR) is 115 cm³/mol. The summed E-state index contributed by atoms with van der Waals surface area (Å²) in [5.41, 5.74) is 0. The SMILES string of the molecule is CCCCCCCCCCCCCCCCCC(=O)OP(=O)(O)O.[CaH2].[CaH2]. The van der Waals surface area contributed by atoms with Gasteiger partial charge in [-0.25, -0.2) is 4.57 Å². The summed E-state index contributed by atoms with van der Waals surface area (Å²) < 4.78 is 14.4. The Morgan fingerprint density at radius 3 is 1.31 bits per heavy atom. The number of hydrogen-bond donors (Lipinski definition) is 2. The van der Waals surface area contributed by atoms with Crippen molar-refractivity contribution < 1.29 is 23.7 Å². The van der Waals surface area contributed by atoms with Crippen molar-refractivity contribution in [1.29, 1.82) is 0 Å². The Morgan fingerprint density at radius 2 is 1.00 bits per heavy atom. The van der Waals surface area contributed by atoms with Gasteiger partial charge in [-0.3, -0.25) is 14.6 Å². The van der Waals surface area contributed by atoms with Crippen LogP contribution in [0.1, 0.15) is 110 Å². The molecule has 0 aliphatic carbocycles. The molecular formula is C18H41Ca2O5P. The first-order valence-electron chi connectivity index (χ1n) is 9.73. The van der Waals surface area contributed by atoms with Gasteiger partial charge >= 0.3 is 89.3 Å². The molecule has 0 radical (unpaired) electrons. The molecule has 26 heavy (non-hydrogen) atoms. The Balaban J connectivity index is -0.00000264. The fourth-order valence-electron chi connectivity index (χ4n) is 2.82. The van der Waals surface area contributed by atoms with Gasteiger partial charge in [0.25, 0.3) is 0 Å². The normalized spacial score (nSPS) is 10.7. The van der Waals surface area contributed by atoms with Crippen LogP contribution in [0.15, 0.2) is 0 Å². The standard InChI is InChI=1S/C18H37O5P.2Ca.4H/c1-2-3-4-5-6-7-8-9-10-11-12-13-14-15-16-17-18(19)23-24(20,21)22;;;;;;/h2-17H2,1H3,(H2,20,21,22);;;;;;. The van der Waals surface area contributed by atoms with E-state index in [1.54, 1.807) is 0 Å². The molecule has 0 saturated carbocycles. The Kier molecular flexibility index (Phi) is 29.5. The molecule has 5 nitrogen and oxygen atoms in total. The van der Waals surface area contributed by atoms with Crippen LogP contribution in [0.2, 0.25) is 0 Å². The van der Waals surface area contributed by atoms with Crippen LogP contribution < -0.4 is 0 Å². The van der Waals surface area contributed by atoms with Gasteiger partial charge < -0.3 is 4.52 Å². The number of carbonyl (C=O) groups is 1. The van der Waals surface area contributed by atoms with Gasteiger partial charge in [0.2, 0.25) is 0 Å². The monoisotopic (exact) mass is 448 g/mol. The summed E-state index contributed by atoms with van der Waals surface area (Å²) in [6, 6.07) is 0. The molecule has 0 aromatic carbocycles. The van der Waals surface area contributed by atoms with E-state index < -0.39 is 13.8 Å². The van der Waals surface area contributed by atoms with Crippen LogP contribution in [-0.2, 0) is 13.9 Å². The minimum atomic E-state index is -4.66. The second kappa shape index (κ2) is 23.4. The first-order valence-corrected chi connectivity index (χ1v) is 11.3. The molecule has 0 saturated heterocycles. The van der Waals surface area contributed by atoms with Crippen LogP contribution >= 0.6 is 7.82 Å². The molecule has 0 heterocycles. The molecular weight excluding hydrogens is 407 g/mol. The molecule has 0 atom stereocenters. The third-order valence-corrected chi connectivity index (χ3v) is 4.65. The summed E-state index contributed by atoms with van der Waals surface area (Å²) in [7, 11) is -4.66. The van der Waals surface area contributed by atoms with E-state index in [0.29, 0.717) is 6.42 Å². The zero-order valence-electron chi connectivity index (χ0n) is 15.4. The topological polar surface area (TPSA) is 83.8 Å². The first kappa shape index (κ1) is 32.8. The second-order valence-corrected chi connectivity index (χ2v) is 7.82. The van der Waals surface area contributed by atoms with Crippen LogP contribution in [0.3, 0.4) is 0 Å². The van der Waals surface area contributed by atoms with E-state index in [1.165, 1.54) is 77.0 Å². The average molecular weight is 449 g/mol. The molecule has 0 unspecified atom stereocenters. The van der Waals surface area contributed by atoms with Crippen molar-refractivity contribution in [2.24, 2.45) is 0 Å². The summed E-state index contributed by atoms with van der Waals surface area (Å²) in [5.74, 6) is -0.807. The van der Waals surface area contributed by atoms with Crippen molar-refractivity contribution in [3.8, 4) is 0 Å². The third-order valence-electron chi connectivity index (χ3n) is 4.21. The van der Waals surface area contributed by atoms with Gasteiger partial charge in [-0.05, 0) is 6.42 Å². The van der Waals surface area contributed by atoms with E-state index in [1.807, 2.05) is 0 Å². The quantitative estimate of drug-likeness (QED) is 0.199. The maximum atomic E-state index is 11.1. The van der Waals surface area contributed by atoms with Crippen LogP contribution in [0.4, 0.5) is 0 Å². The Labute approximate surface area is 220 Å². The zero-order valence-corrected chi connectivity index (χ0v) is 16.3.